The van der Waals surface area contributed by atoms with Gasteiger partial charge >= 0.3 is 12.0 Å². The summed E-state index contributed by atoms with van der Waals surface area (Å²) in [6.45, 7) is 3.62. The Labute approximate surface area is 120 Å². The van der Waals surface area contributed by atoms with Crippen LogP contribution in [0.2, 0.25) is 0 Å². The number of carboxylic acid groups (broad SMARTS) is 1. The lowest BCUT2D eigenvalue weighted by Crippen LogP contribution is -2.41. The molecular formula is C15H26N2O3. The highest BCUT2D eigenvalue weighted by atomic mass is 16.4. The number of carbonyl (C=O) groups is 2. The van der Waals surface area contributed by atoms with Gasteiger partial charge < -0.3 is 15.7 Å². The summed E-state index contributed by atoms with van der Waals surface area (Å²) in [4.78, 5) is 22.6. The molecule has 0 saturated heterocycles. The Hall–Kier alpha value is -1.26. The number of carbonyl (C=O) groups excluding carboxylic acids is 1. The summed E-state index contributed by atoms with van der Waals surface area (Å²) in [5, 5.41) is 14.8. The zero-order chi connectivity index (χ0) is 14.6. The third-order valence-electron chi connectivity index (χ3n) is 5.08. The summed E-state index contributed by atoms with van der Waals surface area (Å²) >= 11 is 0. The molecule has 2 aliphatic carbocycles. The van der Waals surface area contributed by atoms with Crippen molar-refractivity contribution in [3.05, 3.63) is 0 Å². The molecule has 0 heterocycles. The minimum absolute atomic E-state index is 0.0786. The van der Waals surface area contributed by atoms with Crippen LogP contribution >= 0.6 is 0 Å². The number of carboxylic acids is 1. The first-order valence-corrected chi connectivity index (χ1v) is 7.79. The van der Waals surface area contributed by atoms with Crippen molar-refractivity contribution < 1.29 is 14.7 Å². The van der Waals surface area contributed by atoms with Gasteiger partial charge in [-0.25, -0.2) is 4.79 Å². The molecule has 0 spiro atoms. The van der Waals surface area contributed by atoms with Gasteiger partial charge in [-0.3, -0.25) is 4.79 Å². The van der Waals surface area contributed by atoms with E-state index in [1.54, 1.807) is 0 Å². The van der Waals surface area contributed by atoms with Crippen LogP contribution in [0, 0.1) is 17.3 Å². The lowest BCUT2D eigenvalue weighted by molar-refractivity contribution is -0.143. The van der Waals surface area contributed by atoms with E-state index < -0.39 is 5.97 Å². The molecule has 0 aromatic rings. The highest BCUT2D eigenvalue weighted by Gasteiger charge is 2.40. The Bertz CT molecular complexity index is 358. The van der Waals surface area contributed by atoms with Crippen molar-refractivity contribution in [2.24, 2.45) is 17.3 Å². The molecule has 2 saturated carbocycles. The summed E-state index contributed by atoms with van der Waals surface area (Å²) in [5.41, 5.74) is 0.372. The van der Waals surface area contributed by atoms with Gasteiger partial charge in [0.25, 0.3) is 0 Å². The largest absolute Gasteiger partial charge is 0.481 e. The molecule has 5 heteroatoms. The second-order valence-electron chi connectivity index (χ2n) is 6.47. The van der Waals surface area contributed by atoms with Gasteiger partial charge in [-0.05, 0) is 56.3 Å². The Balaban J connectivity index is 1.58. The average molecular weight is 282 g/mol. The topological polar surface area (TPSA) is 78.4 Å². The van der Waals surface area contributed by atoms with Crippen LogP contribution in [0.15, 0.2) is 0 Å². The van der Waals surface area contributed by atoms with Crippen LogP contribution in [0.3, 0.4) is 0 Å². The van der Waals surface area contributed by atoms with Crippen molar-refractivity contribution in [1.82, 2.24) is 10.6 Å². The minimum atomic E-state index is -0.677. The Morgan fingerprint density at radius 3 is 2.30 bits per heavy atom. The second-order valence-corrected chi connectivity index (χ2v) is 6.47. The number of hydrogen-bond donors (Lipinski definition) is 3. The number of urea groups is 1. The molecule has 3 N–H and O–H groups in total. The summed E-state index contributed by atoms with van der Waals surface area (Å²) < 4.78 is 0. The van der Waals surface area contributed by atoms with E-state index in [4.69, 9.17) is 5.11 Å². The van der Waals surface area contributed by atoms with E-state index in [1.807, 2.05) is 0 Å². The van der Waals surface area contributed by atoms with Crippen molar-refractivity contribution in [3.8, 4) is 0 Å². The predicted molar refractivity (Wildman–Crippen MR) is 76.4 cm³/mol. The van der Waals surface area contributed by atoms with E-state index in [0.717, 1.165) is 38.6 Å². The van der Waals surface area contributed by atoms with Crippen LogP contribution in [0.5, 0.6) is 0 Å². The molecule has 0 radical (unpaired) electrons. The summed E-state index contributed by atoms with van der Waals surface area (Å²) in [7, 11) is 0. The first-order chi connectivity index (χ1) is 9.54. The fourth-order valence-electron chi connectivity index (χ4n) is 3.01. The van der Waals surface area contributed by atoms with Crippen molar-refractivity contribution in [2.75, 3.05) is 13.1 Å². The maximum Gasteiger partial charge on any atom is 0.314 e. The van der Waals surface area contributed by atoms with E-state index in [2.05, 4.69) is 17.6 Å². The van der Waals surface area contributed by atoms with Gasteiger partial charge in [0.15, 0.2) is 0 Å². The standard InChI is InChI=1S/C15H26N2O3/c1-2-15(7-8-15)10-17-14(20)16-9-11-3-5-12(6-4-11)13(18)19/h11-12H,2-10H2,1H3,(H,18,19)(H2,16,17,20). The van der Waals surface area contributed by atoms with Crippen molar-refractivity contribution >= 4 is 12.0 Å². The van der Waals surface area contributed by atoms with Crippen LogP contribution in [-0.2, 0) is 4.79 Å². The fourth-order valence-corrected chi connectivity index (χ4v) is 3.01. The first-order valence-electron chi connectivity index (χ1n) is 7.79. The normalized spacial score (nSPS) is 27.6. The molecule has 20 heavy (non-hydrogen) atoms. The smallest absolute Gasteiger partial charge is 0.314 e. The zero-order valence-electron chi connectivity index (χ0n) is 12.3. The molecular weight excluding hydrogens is 256 g/mol. The summed E-state index contributed by atoms with van der Waals surface area (Å²) in [6, 6.07) is -0.0786. The van der Waals surface area contributed by atoms with E-state index in [-0.39, 0.29) is 11.9 Å². The van der Waals surface area contributed by atoms with Crippen LogP contribution in [0.1, 0.15) is 51.9 Å². The van der Waals surface area contributed by atoms with E-state index in [1.165, 1.54) is 12.8 Å². The van der Waals surface area contributed by atoms with Crippen molar-refractivity contribution in [1.29, 1.82) is 0 Å². The highest BCUT2D eigenvalue weighted by Crippen LogP contribution is 2.47. The first kappa shape index (κ1) is 15.1. The molecule has 0 aromatic carbocycles. The molecule has 114 valence electrons. The molecule has 2 rings (SSSR count). The summed E-state index contributed by atoms with van der Waals surface area (Å²) in [6.07, 6.45) is 6.86. The van der Waals surface area contributed by atoms with Gasteiger partial charge in [0.2, 0.25) is 0 Å². The third-order valence-corrected chi connectivity index (χ3v) is 5.08. The second kappa shape index (κ2) is 6.46. The van der Waals surface area contributed by atoms with Crippen molar-refractivity contribution in [3.63, 3.8) is 0 Å². The van der Waals surface area contributed by atoms with Gasteiger partial charge in [0, 0.05) is 13.1 Å². The summed E-state index contributed by atoms with van der Waals surface area (Å²) in [5.74, 6) is -0.430. The van der Waals surface area contributed by atoms with Gasteiger partial charge in [0.1, 0.15) is 0 Å². The van der Waals surface area contributed by atoms with Crippen LogP contribution in [0.4, 0.5) is 4.79 Å². The van der Waals surface area contributed by atoms with Gasteiger partial charge in [-0.2, -0.15) is 0 Å². The van der Waals surface area contributed by atoms with E-state index in [0.29, 0.717) is 17.9 Å². The molecule has 0 aliphatic heterocycles. The molecule has 0 bridgehead atoms. The number of amides is 2. The number of aliphatic carboxylic acids is 1. The van der Waals surface area contributed by atoms with E-state index in [9.17, 15) is 9.59 Å². The van der Waals surface area contributed by atoms with Crippen molar-refractivity contribution in [2.45, 2.75) is 51.9 Å². The van der Waals surface area contributed by atoms with Crippen LogP contribution in [0.25, 0.3) is 0 Å². The minimum Gasteiger partial charge on any atom is -0.481 e. The molecule has 0 aromatic heterocycles. The zero-order valence-corrected chi connectivity index (χ0v) is 12.3. The Kier molecular flexibility index (Phi) is 4.89. The number of hydrogen-bond acceptors (Lipinski definition) is 2. The fraction of sp³-hybridized carbons (Fsp3) is 0.867. The van der Waals surface area contributed by atoms with Crippen LogP contribution in [-0.4, -0.2) is 30.2 Å². The number of nitrogens with one attached hydrogen (secondary N) is 2. The average Bonchev–Trinajstić information content (AvgIpc) is 3.24. The molecule has 5 nitrogen and oxygen atoms in total. The van der Waals surface area contributed by atoms with Crippen LogP contribution < -0.4 is 10.6 Å². The monoisotopic (exact) mass is 282 g/mol. The Morgan fingerprint density at radius 1 is 1.15 bits per heavy atom. The molecule has 2 amide bonds. The van der Waals surface area contributed by atoms with Gasteiger partial charge in [-0.1, -0.05) is 6.92 Å². The molecule has 2 fully saturated rings. The third kappa shape index (κ3) is 4.12. The maximum absolute atomic E-state index is 11.7. The van der Waals surface area contributed by atoms with Gasteiger partial charge in [-0.15, -0.1) is 0 Å². The molecule has 0 atom stereocenters. The predicted octanol–water partition coefficient (Wildman–Crippen LogP) is 2.37. The lowest BCUT2D eigenvalue weighted by atomic mass is 9.82. The quantitative estimate of drug-likeness (QED) is 0.700. The lowest BCUT2D eigenvalue weighted by Gasteiger charge is -2.26. The van der Waals surface area contributed by atoms with E-state index >= 15 is 0 Å². The number of rotatable bonds is 6. The SMILES string of the molecule is CCC1(CNC(=O)NCC2CCC(C(=O)O)CC2)CC1. The van der Waals surface area contributed by atoms with Gasteiger partial charge in [0.05, 0.1) is 5.92 Å². The Morgan fingerprint density at radius 2 is 1.80 bits per heavy atom. The highest BCUT2D eigenvalue weighted by molar-refractivity contribution is 5.74. The molecule has 0 unspecified atom stereocenters. The maximum atomic E-state index is 11.7. The molecule has 2 aliphatic rings.